The Hall–Kier alpha value is -1.51. The molecule has 3 heteroatoms. The molecule has 0 aliphatic heterocycles. The second-order valence-electron chi connectivity index (χ2n) is 4.94. The van der Waals surface area contributed by atoms with Gasteiger partial charge >= 0.3 is 0 Å². The number of para-hydroxylation sites is 1. The lowest BCUT2D eigenvalue weighted by atomic mass is 10.2. The van der Waals surface area contributed by atoms with Crippen LogP contribution in [0.2, 0.25) is 0 Å². The first kappa shape index (κ1) is 17.5. The third-order valence-electron chi connectivity index (χ3n) is 3.08. The lowest BCUT2D eigenvalue weighted by Crippen LogP contribution is -2.24. The van der Waals surface area contributed by atoms with Gasteiger partial charge in [0.25, 0.3) is 0 Å². The Morgan fingerprint density at radius 2 is 1.48 bits per heavy atom. The third-order valence-corrected chi connectivity index (χ3v) is 3.35. The molecule has 0 atom stereocenters. The van der Waals surface area contributed by atoms with Crippen molar-refractivity contribution in [1.82, 2.24) is 0 Å². The fraction of sp³-hybridized carbons (Fsp3) is 0.333. The highest BCUT2D eigenvalue weighted by atomic mass is 35.5. The van der Waals surface area contributed by atoms with E-state index in [4.69, 9.17) is 17.4 Å². The molecule has 2 aromatic carbocycles. The van der Waals surface area contributed by atoms with Crippen molar-refractivity contribution in [1.29, 1.82) is 0 Å². The van der Waals surface area contributed by atoms with E-state index in [-0.39, 0.29) is 0 Å². The SMILES string of the molecule is CCCCCCl.Cc1ccc(N(N)c2ccccc2)cc1. The van der Waals surface area contributed by atoms with E-state index >= 15 is 0 Å². The van der Waals surface area contributed by atoms with Crippen molar-refractivity contribution in [3.8, 4) is 0 Å². The van der Waals surface area contributed by atoms with E-state index in [2.05, 4.69) is 26.0 Å². The highest BCUT2D eigenvalue weighted by Crippen LogP contribution is 2.21. The molecule has 21 heavy (non-hydrogen) atoms. The number of anilines is 2. The first-order valence-electron chi connectivity index (χ1n) is 7.41. The molecule has 0 heterocycles. The molecule has 0 radical (unpaired) electrons. The highest BCUT2D eigenvalue weighted by molar-refractivity contribution is 6.17. The Morgan fingerprint density at radius 3 is 1.95 bits per heavy atom. The Morgan fingerprint density at radius 1 is 0.905 bits per heavy atom. The molecule has 2 N–H and O–H groups in total. The number of aryl methyl sites for hydroxylation is 1. The van der Waals surface area contributed by atoms with E-state index < -0.39 is 0 Å². The summed E-state index contributed by atoms with van der Waals surface area (Å²) >= 11 is 5.38. The van der Waals surface area contributed by atoms with Crippen LogP contribution in [0.3, 0.4) is 0 Å². The molecule has 0 saturated heterocycles. The fourth-order valence-corrected chi connectivity index (χ4v) is 1.98. The smallest absolute Gasteiger partial charge is 0.0575 e. The van der Waals surface area contributed by atoms with Crippen LogP contribution < -0.4 is 10.9 Å². The fourth-order valence-electron chi connectivity index (χ4n) is 1.79. The summed E-state index contributed by atoms with van der Waals surface area (Å²) in [6.45, 7) is 4.24. The number of nitrogens with zero attached hydrogens (tertiary/aromatic N) is 1. The summed E-state index contributed by atoms with van der Waals surface area (Å²) in [5.74, 6) is 6.83. The van der Waals surface area contributed by atoms with Gasteiger partial charge in [-0.15, -0.1) is 11.6 Å². The molecule has 0 aliphatic carbocycles. The maximum Gasteiger partial charge on any atom is 0.0575 e. The zero-order valence-electron chi connectivity index (χ0n) is 12.9. The van der Waals surface area contributed by atoms with Crippen molar-refractivity contribution in [2.75, 3.05) is 10.9 Å². The number of hydrazine groups is 1. The van der Waals surface area contributed by atoms with Crippen LogP contribution in [-0.4, -0.2) is 5.88 Å². The number of hydrogen-bond acceptors (Lipinski definition) is 2. The van der Waals surface area contributed by atoms with E-state index in [1.165, 1.54) is 24.8 Å². The van der Waals surface area contributed by atoms with E-state index in [1.54, 1.807) is 5.01 Å². The average Bonchev–Trinajstić information content (AvgIpc) is 2.54. The zero-order valence-corrected chi connectivity index (χ0v) is 13.7. The second kappa shape index (κ2) is 10.3. The number of rotatable bonds is 5. The van der Waals surface area contributed by atoms with Gasteiger partial charge in [0.2, 0.25) is 0 Å². The minimum absolute atomic E-state index is 0.827. The Kier molecular flexibility index (Phi) is 8.56. The van der Waals surface area contributed by atoms with Gasteiger partial charge in [0.05, 0.1) is 11.4 Å². The Labute approximate surface area is 133 Å². The Balaban J connectivity index is 0.000000315. The molecular weight excluding hydrogens is 280 g/mol. The van der Waals surface area contributed by atoms with Crippen LogP contribution in [0.25, 0.3) is 0 Å². The predicted octanol–water partition coefficient (Wildman–Crippen LogP) is 5.42. The summed E-state index contributed by atoms with van der Waals surface area (Å²) in [5.41, 5.74) is 3.22. The third kappa shape index (κ3) is 6.65. The standard InChI is InChI=1S/C13H14N2.C5H11Cl/c1-11-7-9-13(10-8-11)15(14)12-5-3-2-4-6-12;1-2-3-4-5-6/h2-10H,14H2,1H3;2-5H2,1H3. The van der Waals surface area contributed by atoms with E-state index in [1.807, 2.05) is 42.5 Å². The molecule has 0 amide bonds. The average molecular weight is 305 g/mol. The van der Waals surface area contributed by atoms with Crippen LogP contribution in [0.15, 0.2) is 54.6 Å². The highest BCUT2D eigenvalue weighted by Gasteiger charge is 2.02. The number of halogens is 1. The molecule has 0 unspecified atom stereocenters. The van der Waals surface area contributed by atoms with Gasteiger partial charge in [-0.05, 0) is 37.6 Å². The van der Waals surface area contributed by atoms with Crippen LogP contribution in [0, 0.1) is 6.92 Å². The van der Waals surface area contributed by atoms with Crippen molar-refractivity contribution in [2.45, 2.75) is 33.1 Å². The molecule has 0 saturated carbocycles. The number of benzene rings is 2. The van der Waals surface area contributed by atoms with Gasteiger partial charge in [-0.3, -0.25) is 5.01 Å². The van der Waals surface area contributed by atoms with Crippen LogP contribution in [-0.2, 0) is 0 Å². The second-order valence-corrected chi connectivity index (χ2v) is 5.32. The molecular formula is C18H25ClN2. The molecule has 2 nitrogen and oxygen atoms in total. The summed E-state index contributed by atoms with van der Waals surface area (Å²) in [7, 11) is 0. The van der Waals surface area contributed by atoms with Gasteiger partial charge in [0.1, 0.15) is 0 Å². The van der Waals surface area contributed by atoms with Crippen molar-refractivity contribution >= 4 is 23.0 Å². The Bertz CT molecular complexity index is 478. The largest absolute Gasteiger partial charge is 0.280 e. The van der Waals surface area contributed by atoms with Crippen LogP contribution in [0.4, 0.5) is 11.4 Å². The maximum atomic E-state index is 6.00. The molecule has 0 fully saturated rings. The number of alkyl halides is 1. The first-order chi connectivity index (χ1) is 10.2. The van der Waals surface area contributed by atoms with E-state index in [9.17, 15) is 0 Å². The monoisotopic (exact) mass is 304 g/mol. The summed E-state index contributed by atoms with van der Waals surface area (Å²) in [6, 6.07) is 18.0. The molecule has 0 bridgehead atoms. The van der Waals surface area contributed by atoms with Gasteiger partial charge in [0.15, 0.2) is 0 Å². The van der Waals surface area contributed by atoms with Crippen LogP contribution in [0.1, 0.15) is 31.7 Å². The predicted molar refractivity (Wildman–Crippen MR) is 94.2 cm³/mol. The van der Waals surface area contributed by atoms with Gasteiger partial charge in [-0.25, -0.2) is 5.84 Å². The van der Waals surface area contributed by atoms with Gasteiger partial charge < -0.3 is 0 Å². The molecule has 0 aromatic heterocycles. The molecule has 0 aliphatic rings. The first-order valence-corrected chi connectivity index (χ1v) is 7.95. The van der Waals surface area contributed by atoms with Gasteiger partial charge in [0, 0.05) is 5.88 Å². The number of nitrogens with two attached hydrogens (primary N) is 1. The summed E-state index contributed by atoms with van der Waals surface area (Å²) in [4.78, 5) is 0. The van der Waals surface area contributed by atoms with Gasteiger partial charge in [-0.2, -0.15) is 0 Å². The van der Waals surface area contributed by atoms with Crippen molar-refractivity contribution in [2.24, 2.45) is 5.84 Å². The molecule has 114 valence electrons. The van der Waals surface area contributed by atoms with Crippen molar-refractivity contribution in [3.63, 3.8) is 0 Å². The maximum absolute atomic E-state index is 6.00. The van der Waals surface area contributed by atoms with E-state index in [0.717, 1.165) is 17.3 Å². The number of hydrogen-bond donors (Lipinski definition) is 1. The minimum Gasteiger partial charge on any atom is -0.280 e. The van der Waals surface area contributed by atoms with Crippen molar-refractivity contribution in [3.05, 3.63) is 60.2 Å². The summed E-state index contributed by atoms with van der Waals surface area (Å²) in [5, 5.41) is 1.68. The van der Waals surface area contributed by atoms with E-state index in [0.29, 0.717) is 0 Å². The van der Waals surface area contributed by atoms with Gasteiger partial charge in [-0.1, -0.05) is 55.7 Å². The molecule has 2 aromatic rings. The molecule has 0 spiro atoms. The lowest BCUT2D eigenvalue weighted by Gasteiger charge is -2.18. The van der Waals surface area contributed by atoms with Crippen molar-refractivity contribution < 1.29 is 0 Å². The minimum atomic E-state index is 0.827. The molecule has 2 rings (SSSR count). The summed E-state index contributed by atoms with van der Waals surface area (Å²) < 4.78 is 0. The summed E-state index contributed by atoms with van der Waals surface area (Å²) in [6.07, 6.45) is 3.73. The number of unbranched alkanes of at least 4 members (excludes halogenated alkanes) is 2. The quantitative estimate of drug-likeness (QED) is 0.346. The zero-order chi connectivity index (χ0) is 15.5. The van der Waals surface area contributed by atoms with Crippen LogP contribution in [0.5, 0.6) is 0 Å². The lowest BCUT2D eigenvalue weighted by molar-refractivity contribution is 0.776. The van der Waals surface area contributed by atoms with Crippen LogP contribution >= 0.6 is 11.6 Å². The topological polar surface area (TPSA) is 29.3 Å². The normalized spacial score (nSPS) is 9.71.